The number of carbonyl (C=O) groups is 2. The summed E-state index contributed by atoms with van der Waals surface area (Å²) in [5.41, 5.74) is 0.267. The Kier molecular flexibility index (Phi) is 6.91. The monoisotopic (exact) mass is 309 g/mol. The van der Waals surface area contributed by atoms with Crippen molar-refractivity contribution < 1.29 is 28.9 Å². The van der Waals surface area contributed by atoms with Gasteiger partial charge in [0.05, 0.1) is 19.2 Å². The highest BCUT2D eigenvalue weighted by Gasteiger charge is 2.19. The van der Waals surface area contributed by atoms with Crippen molar-refractivity contribution in [3.63, 3.8) is 0 Å². The first-order valence-corrected chi connectivity index (χ1v) is 6.49. The number of nitrogens with one attached hydrogen (secondary N) is 1. The normalized spacial score (nSPS) is 11.4. The second kappa shape index (κ2) is 8.68. The lowest BCUT2D eigenvalue weighted by atomic mass is 10.1. The Hall–Kier alpha value is -2.54. The maximum Gasteiger partial charge on any atom is 0.334 e. The third-order valence-corrected chi connectivity index (χ3v) is 2.80. The molecule has 0 aromatic heterocycles. The molecule has 0 radical (unpaired) electrons. The van der Waals surface area contributed by atoms with Gasteiger partial charge in [-0.15, -0.1) is 0 Å². The van der Waals surface area contributed by atoms with Gasteiger partial charge in [-0.05, 0) is 12.1 Å². The zero-order valence-electron chi connectivity index (χ0n) is 12.5. The van der Waals surface area contributed by atoms with Gasteiger partial charge in [0, 0.05) is 13.2 Å². The second-order valence-corrected chi connectivity index (χ2v) is 4.23. The van der Waals surface area contributed by atoms with Gasteiger partial charge in [0.2, 0.25) is 0 Å². The van der Waals surface area contributed by atoms with Crippen molar-refractivity contribution in [1.29, 1.82) is 0 Å². The van der Waals surface area contributed by atoms with Crippen molar-refractivity contribution in [1.82, 2.24) is 5.32 Å². The van der Waals surface area contributed by atoms with Crippen LogP contribution in [0, 0.1) is 0 Å². The molecule has 1 aromatic carbocycles. The minimum absolute atomic E-state index is 0.155. The van der Waals surface area contributed by atoms with E-state index in [1.165, 1.54) is 20.3 Å². The van der Waals surface area contributed by atoms with Gasteiger partial charge in [0.15, 0.2) is 6.10 Å². The first kappa shape index (κ1) is 17.5. The number of carboxylic acids is 1. The largest absolute Gasteiger partial charge is 0.497 e. The van der Waals surface area contributed by atoms with Crippen LogP contribution in [0.15, 0.2) is 30.9 Å². The Labute approximate surface area is 128 Å². The number of hydrogen-bond donors (Lipinski definition) is 2. The van der Waals surface area contributed by atoms with Crippen LogP contribution in [0.5, 0.6) is 11.5 Å². The van der Waals surface area contributed by atoms with Crippen molar-refractivity contribution >= 4 is 11.9 Å². The number of amides is 1. The SMILES string of the molecule is C=CCOc1cc(OC)ccc1C(=O)NCC(OC)C(=O)O. The zero-order valence-corrected chi connectivity index (χ0v) is 12.5. The second-order valence-electron chi connectivity index (χ2n) is 4.23. The van der Waals surface area contributed by atoms with Crippen molar-refractivity contribution in [2.24, 2.45) is 0 Å². The molecule has 0 saturated carbocycles. The van der Waals surface area contributed by atoms with Crippen LogP contribution in [0.25, 0.3) is 0 Å². The summed E-state index contributed by atoms with van der Waals surface area (Å²) in [7, 11) is 2.76. The van der Waals surface area contributed by atoms with E-state index >= 15 is 0 Å². The van der Waals surface area contributed by atoms with Gasteiger partial charge in [-0.3, -0.25) is 4.79 Å². The number of carbonyl (C=O) groups excluding carboxylic acids is 1. The fraction of sp³-hybridized carbons (Fsp3) is 0.333. The van der Waals surface area contributed by atoms with Crippen LogP contribution in [0.1, 0.15) is 10.4 Å². The molecule has 0 bridgehead atoms. The summed E-state index contributed by atoms with van der Waals surface area (Å²) < 4.78 is 15.3. The minimum Gasteiger partial charge on any atom is -0.497 e. The van der Waals surface area contributed by atoms with Gasteiger partial charge in [-0.2, -0.15) is 0 Å². The summed E-state index contributed by atoms with van der Waals surface area (Å²) in [6.07, 6.45) is 0.437. The van der Waals surface area contributed by atoms with Crippen molar-refractivity contribution in [3.8, 4) is 11.5 Å². The van der Waals surface area contributed by atoms with Crippen LogP contribution < -0.4 is 14.8 Å². The smallest absolute Gasteiger partial charge is 0.334 e. The third kappa shape index (κ3) is 4.78. The van der Waals surface area contributed by atoms with E-state index in [4.69, 9.17) is 19.3 Å². The minimum atomic E-state index is -1.15. The summed E-state index contributed by atoms with van der Waals surface area (Å²) in [5.74, 6) is -0.761. The molecule has 1 amide bonds. The number of methoxy groups -OCH3 is 2. The van der Waals surface area contributed by atoms with E-state index < -0.39 is 18.0 Å². The van der Waals surface area contributed by atoms with Crippen LogP contribution >= 0.6 is 0 Å². The molecule has 120 valence electrons. The number of aliphatic carboxylic acids is 1. The molecule has 7 nitrogen and oxygen atoms in total. The van der Waals surface area contributed by atoms with Crippen molar-refractivity contribution in [3.05, 3.63) is 36.4 Å². The number of benzene rings is 1. The van der Waals surface area contributed by atoms with E-state index in [-0.39, 0.29) is 18.7 Å². The van der Waals surface area contributed by atoms with Gasteiger partial charge < -0.3 is 24.6 Å². The van der Waals surface area contributed by atoms with Gasteiger partial charge >= 0.3 is 5.97 Å². The summed E-state index contributed by atoms with van der Waals surface area (Å²) in [6.45, 7) is 3.61. The van der Waals surface area contributed by atoms with E-state index in [1.807, 2.05) is 0 Å². The van der Waals surface area contributed by atoms with Gasteiger partial charge in [0.1, 0.15) is 18.1 Å². The maximum atomic E-state index is 12.2. The molecule has 1 atom stereocenters. The fourth-order valence-corrected chi connectivity index (χ4v) is 1.64. The number of rotatable bonds is 9. The predicted octanol–water partition coefficient (Wildman–Crippen LogP) is 1.09. The lowest BCUT2D eigenvalue weighted by Crippen LogP contribution is -2.37. The van der Waals surface area contributed by atoms with E-state index in [1.54, 1.807) is 18.2 Å². The molecule has 0 aliphatic rings. The van der Waals surface area contributed by atoms with E-state index in [9.17, 15) is 9.59 Å². The molecule has 0 aliphatic heterocycles. The summed E-state index contributed by atoms with van der Waals surface area (Å²) in [6, 6.07) is 4.72. The molecule has 7 heteroatoms. The number of carboxylic acid groups (broad SMARTS) is 1. The summed E-state index contributed by atoms with van der Waals surface area (Å²) >= 11 is 0. The molecule has 1 aromatic rings. The first-order chi connectivity index (χ1) is 10.5. The van der Waals surface area contributed by atoms with Crippen molar-refractivity contribution in [2.75, 3.05) is 27.4 Å². The molecule has 0 aliphatic carbocycles. The van der Waals surface area contributed by atoms with E-state index in [0.29, 0.717) is 11.5 Å². The molecule has 0 saturated heterocycles. The van der Waals surface area contributed by atoms with Gasteiger partial charge in [0.25, 0.3) is 5.91 Å². The molecular formula is C15H19NO6. The average Bonchev–Trinajstić information content (AvgIpc) is 2.52. The summed E-state index contributed by atoms with van der Waals surface area (Å²) in [4.78, 5) is 23.0. The molecule has 1 rings (SSSR count). The third-order valence-electron chi connectivity index (χ3n) is 2.80. The van der Waals surface area contributed by atoms with Crippen LogP contribution in [0.3, 0.4) is 0 Å². The quantitative estimate of drug-likeness (QED) is 0.663. The average molecular weight is 309 g/mol. The highest BCUT2D eigenvalue weighted by Crippen LogP contribution is 2.25. The lowest BCUT2D eigenvalue weighted by Gasteiger charge is -2.14. The van der Waals surface area contributed by atoms with Crippen molar-refractivity contribution in [2.45, 2.75) is 6.10 Å². The van der Waals surface area contributed by atoms with Crippen LogP contribution in [-0.2, 0) is 9.53 Å². The Morgan fingerprint density at radius 2 is 2.14 bits per heavy atom. The fourth-order valence-electron chi connectivity index (χ4n) is 1.64. The predicted molar refractivity (Wildman–Crippen MR) is 79.5 cm³/mol. The van der Waals surface area contributed by atoms with E-state index in [2.05, 4.69) is 11.9 Å². The highest BCUT2D eigenvalue weighted by molar-refractivity contribution is 5.97. The lowest BCUT2D eigenvalue weighted by molar-refractivity contribution is -0.148. The maximum absolute atomic E-state index is 12.2. The highest BCUT2D eigenvalue weighted by atomic mass is 16.5. The standard InChI is InChI=1S/C15H19NO6/c1-4-7-22-12-8-10(20-2)5-6-11(12)14(17)16-9-13(21-3)15(18)19/h4-6,8,13H,1,7,9H2,2-3H3,(H,16,17)(H,18,19). The Morgan fingerprint density at radius 1 is 1.41 bits per heavy atom. The molecule has 0 spiro atoms. The number of ether oxygens (including phenoxy) is 3. The molecule has 0 fully saturated rings. The Morgan fingerprint density at radius 3 is 2.68 bits per heavy atom. The van der Waals surface area contributed by atoms with Crippen LogP contribution in [0.4, 0.5) is 0 Å². The zero-order chi connectivity index (χ0) is 16.5. The van der Waals surface area contributed by atoms with E-state index in [0.717, 1.165) is 0 Å². The van der Waals surface area contributed by atoms with Crippen LogP contribution in [-0.4, -0.2) is 50.5 Å². The molecule has 2 N–H and O–H groups in total. The first-order valence-electron chi connectivity index (χ1n) is 6.49. The topological polar surface area (TPSA) is 94.1 Å². The van der Waals surface area contributed by atoms with Gasteiger partial charge in [-0.25, -0.2) is 4.79 Å². The Balaban J connectivity index is 2.86. The van der Waals surface area contributed by atoms with Gasteiger partial charge in [-0.1, -0.05) is 12.7 Å². The molecule has 0 heterocycles. The Bertz CT molecular complexity index is 543. The molecule has 1 unspecified atom stereocenters. The van der Waals surface area contributed by atoms with Crippen LogP contribution in [0.2, 0.25) is 0 Å². The molecular weight excluding hydrogens is 290 g/mol. The number of hydrogen-bond acceptors (Lipinski definition) is 5. The summed E-state index contributed by atoms with van der Waals surface area (Å²) in [5, 5.41) is 11.4. The molecule has 22 heavy (non-hydrogen) atoms.